The lowest BCUT2D eigenvalue weighted by atomic mass is 10.0. The molecule has 0 fully saturated rings. The molecule has 0 unspecified atom stereocenters. The molecule has 2 rings (SSSR count). The molecule has 0 spiro atoms. The summed E-state index contributed by atoms with van der Waals surface area (Å²) in [5.74, 6) is 0.929. The van der Waals surface area contributed by atoms with Gasteiger partial charge in [-0.15, -0.1) is 23.2 Å². The van der Waals surface area contributed by atoms with Crippen LogP contribution >= 0.6 is 23.2 Å². The average Bonchev–Trinajstić information content (AvgIpc) is 2.47. The Balaban J connectivity index is 2.20. The van der Waals surface area contributed by atoms with Crippen molar-refractivity contribution in [1.29, 1.82) is 0 Å². The van der Waals surface area contributed by atoms with Crippen molar-refractivity contribution in [3.8, 4) is 0 Å². The fraction of sp³-hybridized carbons (Fsp3) is 0.312. The molecule has 20 heavy (non-hydrogen) atoms. The lowest BCUT2D eigenvalue weighted by molar-refractivity contribution is -0.129. The Morgan fingerprint density at radius 1 is 0.950 bits per heavy atom. The Kier molecular flexibility index (Phi) is 5.69. The summed E-state index contributed by atoms with van der Waals surface area (Å²) in [7, 11) is 0. The van der Waals surface area contributed by atoms with E-state index in [4.69, 9.17) is 23.2 Å². The van der Waals surface area contributed by atoms with E-state index in [2.05, 4.69) is 12.1 Å². The van der Waals surface area contributed by atoms with Gasteiger partial charge in [-0.3, -0.25) is 4.79 Å². The summed E-state index contributed by atoms with van der Waals surface area (Å²) in [5.41, 5.74) is 1.04. The molecule has 0 aromatic heterocycles. The molecule has 1 amide bonds. The fourth-order valence-corrected chi connectivity index (χ4v) is 2.69. The first kappa shape index (κ1) is 15.1. The van der Waals surface area contributed by atoms with Crippen LogP contribution in [0.1, 0.15) is 5.56 Å². The van der Waals surface area contributed by atoms with E-state index in [1.54, 1.807) is 4.90 Å². The van der Waals surface area contributed by atoms with E-state index in [0.717, 1.165) is 16.3 Å². The molecule has 0 saturated heterocycles. The van der Waals surface area contributed by atoms with Crippen molar-refractivity contribution in [3.05, 3.63) is 48.0 Å². The molecule has 0 saturated carbocycles. The highest BCUT2D eigenvalue weighted by atomic mass is 35.5. The van der Waals surface area contributed by atoms with Gasteiger partial charge in [-0.2, -0.15) is 0 Å². The molecule has 0 N–H and O–H groups in total. The minimum atomic E-state index is 0.0719. The number of rotatable bonds is 6. The van der Waals surface area contributed by atoms with E-state index in [1.165, 1.54) is 0 Å². The van der Waals surface area contributed by atoms with Gasteiger partial charge in [-0.25, -0.2) is 0 Å². The van der Waals surface area contributed by atoms with Crippen LogP contribution in [0.15, 0.2) is 42.5 Å². The van der Waals surface area contributed by atoms with E-state index in [0.29, 0.717) is 31.3 Å². The molecule has 2 nitrogen and oxygen atoms in total. The van der Waals surface area contributed by atoms with Crippen LogP contribution in [0.25, 0.3) is 10.8 Å². The smallest absolute Gasteiger partial charge is 0.227 e. The van der Waals surface area contributed by atoms with E-state index < -0.39 is 0 Å². The number of alkyl halides is 2. The van der Waals surface area contributed by atoms with Crippen LogP contribution < -0.4 is 0 Å². The monoisotopic (exact) mass is 309 g/mol. The van der Waals surface area contributed by atoms with Crippen LogP contribution in [-0.2, 0) is 11.2 Å². The highest BCUT2D eigenvalue weighted by Gasteiger charge is 2.14. The largest absolute Gasteiger partial charge is 0.340 e. The maximum atomic E-state index is 12.3. The number of benzene rings is 2. The van der Waals surface area contributed by atoms with Crippen molar-refractivity contribution >= 4 is 39.9 Å². The molecule has 0 aliphatic carbocycles. The molecule has 0 aliphatic rings. The first-order valence-corrected chi connectivity index (χ1v) is 7.69. The quantitative estimate of drug-likeness (QED) is 0.745. The Labute approximate surface area is 129 Å². The summed E-state index contributed by atoms with van der Waals surface area (Å²) in [4.78, 5) is 14.1. The number of halogens is 2. The molecule has 4 heteroatoms. The number of hydrogen-bond acceptors (Lipinski definition) is 1. The molecule has 2 aromatic carbocycles. The van der Waals surface area contributed by atoms with Crippen LogP contribution in [0.2, 0.25) is 0 Å². The molecular weight excluding hydrogens is 293 g/mol. The van der Waals surface area contributed by atoms with Gasteiger partial charge in [0.1, 0.15) is 0 Å². The van der Waals surface area contributed by atoms with Gasteiger partial charge in [0.05, 0.1) is 6.42 Å². The van der Waals surface area contributed by atoms with Crippen LogP contribution in [0.3, 0.4) is 0 Å². The minimum absolute atomic E-state index is 0.0719. The maximum absolute atomic E-state index is 12.3. The molecular formula is C16H17Cl2NO. The van der Waals surface area contributed by atoms with Crippen molar-refractivity contribution in [2.24, 2.45) is 0 Å². The first-order chi connectivity index (χ1) is 9.76. The predicted molar refractivity (Wildman–Crippen MR) is 85.7 cm³/mol. The SMILES string of the molecule is O=C(Cc1cccc2ccccc12)N(CCCl)CCCl. The number of fused-ring (bicyclic) bond motifs is 1. The predicted octanol–water partition coefficient (Wildman–Crippen LogP) is 3.69. The van der Waals surface area contributed by atoms with Crippen molar-refractivity contribution < 1.29 is 4.79 Å². The molecule has 106 valence electrons. The minimum Gasteiger partial charge on any atom is -0.340 e. The van der Waals surface area contributed by atoms with Crippen molar-refractivity contribution in [1.82, 2.24) is 4.90 Å². The Hall–Kier alpha value is -1.25. The van der Waals surface area contributed by atoms with Crippen LogP contribution in [0.4, 0.5) is 0 Å². The molecule has 0 radical (unpaired) electrons. The first-order valence-electron chi connectivity index (χ1n) is 6.62. The zero-order valence-electron chi connectivity index (χ0n) is 11.2. The van der Waals surface area contributed by atoms with Gasteiger partial charge >= 0.3 is 0 Å². The summed E-state index contributed by atoms with van der Waals surface area (Å²) in [6, 6.07) is 14.1. The lowest BCUT2D eigenvalue weighted by Crippen LogP contribution is -2.35. The zero-order chi connectivity index (χ0) is 14.4. The third-order valence-electron chi connectivity index (χ3n) is 3.28. The van der Waals surface area contributed by atoms with E-state index in [-0.39, 0.29) is 5.91 Å². The number of carbonyl (C=O) groups excluding carboxylic acids is 1. The topological polar surface area (TPSA) is 20.3 Å². The van der Waals surface area contributed by atoms with Crippen molar-refractivity contribution in [3.63, 3.8) is 0 Å². The van der Waals surface area contributed by atoms with E-state index in [9.17, 15) is 4.79 Å². The Morgan fingerprint density at radius 3 is 2.30 bits per heavy atom. The fourth-order valence-electron chi connectivity index (χ4n) is 2.29. The molecule has 0 heterocycles. The number of nitrogens with zero attached hydrogens (tertiary/aromatic N) is 1. The van der Waals surface area contributed by atoms with E-state index in [1.807, 2.05) is 30.3 Å². The Morgan fingerprint density at radius 2 is 1.60 bits per heavy atom. The van der Waals surface area contributed by atoms with Gasteiger partial charge < -0.3 is 4.90 Å². The molecule has 0 bridgehead atoms. The Bertz CT molecular complexity index is 574. The van der Waals surface area contributed by atoms with Crippen molar-refractivity contribution in [2.45, 2.75) is 6.42 Å². The summed E-state index contributed by atoms with van der Waals surface area (Å²) in [6.07, 6.45) is 0.384. The van der Waals surface area contributed by atoms with Crippen LogP contribution in [0.5, 0.6) is 0 Å². The second-order valence-corrected chi connectivity index (χ2v) is 5.33. The second kappa shape index (κ2) is 7.51. The summed E-state index contributed by atoms with van der Waals surface area (Å²) < 4.78 is 0. The molecule has 0 aliphatic heterocycles. The van der Waals surface area contributed by atoms with Gasteiger partial charge in [0, 0.05) is 24.8 Å². The average molecular weight is 310 g/mol. The summed E-state index contributed by atoms with van der Waals surface area (Å²) in [6.45, 7) is 1.08. The second-order valence-electron chi connectivity index (χ2n) is 4.57. The molecule has 2 aromatic rings. The third-order valence-corrected chi connectivity index (χ3v) is 3.62. The van der Waals surface area contributed by atoms with Gasteiger partial charge in [0.15, 0.2) is 0 Å². The van der Waals surface area contributed by atoms with E-state index >= 15 is 0 Å². The summed E-state index contributed by atoms with van der Waals surface area (Å²) in [5, 5.41) is 2.28. The van der Waals surface area contributed by atoms with Crippen LogP contribution in [0, 0.1) is 0 Å². The number of amides is 1. The standard InChI is InChI=1S/C16H17Cl2NO/c17-8-10-19(11-9-18)16(20)12-14-6-3-5-13-4-1-2-7-15(13)14/h1-7H,8-12H2. The van der Waals surface area contributed by atoms with Gasteiger partial charge in [0.25, 0.3) is 0 Å². The van der Waals surface area contributed by atoms with Gasteiger partial charge in [0.2, 0.25) is 5.91 Å². The molecule has 0 atom stereocenters. The van der Waals surface area contributed by atoms with Gasteiger partial charge in [-0.05, 0) is 16.3 Å². The van der Waals surface area contributed by atoms with Crippen LogP contribution in [-0.4, -0.2) is 35.7 Å². The van der Waals surface area contributed by atoms with Gasteiger partial charge in [-0.1, -0.05) is 42.5 Å². The van der Waals surface area contributed by atoms with Crippen molar-refractivity contribution in [2.75, 3.05) is 24.8 Å². The highest BCUT2D eigenvalue weighted by molar-refractivity contribution is 6.18. The summed E-state index contributed by atoms with van der Waals surface area (Å²) >= 11 is 11.5. The number of carbonyl (C=O) groups is 1. The normalized spacial score (nSPS) is 10.7. The lowest BCUT2D eigenvalue weighted by Gasteiger charge is -2.21. The third kappa shape index (κ3) is 3.65. The maximum Gasteiger partial charge on any atom is 0.227 e. The number of hydrogen-bond donors (Lipinski definition) is 0. The zero-order valence-corrected chi connectivity index (χ0v) is 12.7. The highest BCUT2D eigenvalue weighted by Crippen LogP contribution is 2.19.